The van der Waals surface area contributed by atoms with Gasteiger partial charge in [-0.1, -0.05) is 5.16 Å². The molecule has 6 heteroatoms. The number of hydrogen-bond acceptors (Lipinski definition) is 5. The molecule has 1 atom stereocenters. The number of fused-ring (bicyclic) bond motifs is 1. The quantitative estimate of drug-likeness (QED) is 0.387. The summed E-state index contributed by atoms with van der Waals surface area (Å²) in [5, 5.41) is 14.3. The van der Waals surface area contributed by atoms with Crippen LogP contribution in [0.5, 0.6) is 0 Å². The standard InChI is InChI=1S/C15H18N4OS/c1-9-3-6-17-15(13(9)14(16)18-20)19-7-4-12-11(10(19)2)5-8-21-12/h3,5-6,8,10,20H,4,7H2,1-2H3,(H2,16,18). The van der Waals surface area contributed by atoms with E-state index in [-0.39, 0.29) is 11.9 Å². The molecule has 2 aromatic rings. The SMILES string of the molecule is Cc1ccnc(N2CCc3sccc3C2C)c1/C(N)=N/O. The Bertz CT molecular complexity index is 695. The molecule has 0 amide bonds. The van der Waals surface area contributed by atoms with Gasteiger partial charge in [-0.2, -0.15) is 0 Å². The lowest BCUT2D eigenvalue weighted by Crippen LogP contribution is -2.35. The molecule has 1 unspecified atom stereocenters. The smallest absolute Gasteiger partial charge is 0.174 e. The minimum Gasteiger partial charge on any atom is -0.409 e. The number of aryl methyl sites for hydroxylation is 1. The molecule has 5 nitrogen and oxygen atoms in total. The van der Waals surface area contributed by atoms with Crippen LogP contribution in [-0.2, 0) is 6.42 Å². The predicted octanol–water partition coefficient (Wildman–Crippen LogP) is 2.67. The van der Waals surface area contributed by atoms with E-state index in [1.807, 2.05) is 24.3 Å². The fourth-order valence-electron chi connectivity index (χ4n) is 2.93. The average molecular weight is 302 g/mol. The van der Waals surface area contributed by atoms with Crippen molar-refractivity contribution in [1.82, 2.24) is 4.98 Å². The van der Waals surface area contributed by atoms with Gasteiger partial charge in [0.2, 0.25) is 0 Å². The molecule has 3 heterocycles. The second kappa shape index (κ2) is 5.37. The second-order valence-electron chi connectivity index (χ2n) is 5.23. The number of aromatic nitrogens is 1. The van der Waals surface area contributed by atoms with Gasteiger partial charge in [-0.15, -0.1) is 11.3 Å². The Labute approximate surface area is 127 Å². The summed E-state index contributed by atoms with van der Waals surface area (Å²) in [4.78, 5) is 8.17. The van der Waals surface area contributed by atoms with Crippen molar-refractivity contribution in [3.05, 3.63) is 45.3 Å². The van der Waals surface area contributed by atoms with Crippen molar-refractivity contribution in [3.8, 4) is 0 Å². The number of anilines is 1. The van der Waals surface area contributed by atoms with Gasteiger partial charge in [0.1, 0.15) is 5.82 Å². The molecule has 3 rings (SSSR count). The first-order valence-corrected chi connectivity index (χ1v) is 7.78. The van der Waals surface area contributed by atoms with Gasteiger partial charge in [-0.05, 0) is 48.9 Å². The van der Waals surface area contributed by atoms with Gasteiger partial charge in [-0.25, -0.2) is 4.98 Å². The summed E-state index contributed by atoms with van der Waals surface area (Å²) in [5.41, 5.74) is 8.88. The normalized spacial score (nSPS) is 18.7. The number of nitrogens with two attached hydrogens (primary N) is 1. The van der Waals surface area contributed by atoms with Crippen LogP contribution in [0.1, 0.15) is 34.5 Å². The Morgan fingerprint density at radius 3 is 3.10 bits per heavy atom. The number of rotatable bonds is 2. The van der Waals surface area contributed by atoms with E-state index >= 15 is 0 Å². The summed E-state index contributed by atoms with van der Waals surface area (Å²) in [5.74, 6) is 0.897. The van der Waals surface area contributed by atoms with Gasteiger partial charge in [0, 0.05) is 17.6 Å². The van der Waals surface area contributed by atoms with Crippen LogP contribution in [0.15, 0.2) is 28.9 Å². The fraction of sp³-hybridized carbons (Fsp3) is 0.333. The highest BCUT2D eigenvalue weighted by Gasteiger charge is 2.28. The molecule has 3 N–H and O–H groups in total. The highest BCUT2D eigenvalue weighted by molar-refractivity contribution is 7.10. The number of nitrogens with zero attached hydrogens (tertiary/aromatic N) is 3. The van der Waals surface area contributed by atoms with Crippen LogP contribution in [-0.4, -0.2) is 22.6 Å². The average Bonchev–Trinajstić information content (AvgIpc) is 2.96. The molecule has 21 heavy (non-hydrogen) atoms. The minimum absolute atomic E-state index is 0.110. The van der Waals surface area contributed by atoms with Crippen LogP contribution in [0, 0.1) is 6.92 Å². The van der Waals surface area contributed by atoms with Gasteiger partial charge in [0.15, 0.2) is 5.84 Å². The molecule has 0 aliphatic carbocycles. The topological polar surface area (TPSA) is 74.7 Å². The van der Waals surface area contributed by atoms with Crippen molar-refractivity contribution in [3.63, 3.8) is 0 Å². The van der Waals surface area contributed by atoms with Crippen LogP contribution in [0.2, 0.25) is 0 Å². The lowest BCUT2D eigenvalue weighted by Gasteiger charge is -2.35. The number of hydrogen-bond donors (Lipinski definition) is 2. The third-order valence-corrected chi connectivity index (χ3v) is 5.05. The van der Waals surface area contributed by atoms with E-state index in [0.29, 0.717) is 5.56 Å². The summed E-state index contributed by atoms with van der Waals surface area (Å²) < 4.78 is 0. The van der Waals surface area contributed by atoms with Gasteiger partial charge < -0.3 is 15.8 Å². The van der Waals surface area contributed by atoms with Crippen LogP contribution in [0.4, 0.5) is 5.82 Å². The maximum absolute atomic E-state index is 9.04. The minimum atomic E-state index is 0.110. The van der Waals surface area contributed by atoms with E-state index in [1.165, 1.54) is 10.4 Å². The van der Waals surface area contributed by atoms with Crippen molar-refractivity contribution in [2.24, 2.45) is 10.9 Å². The van der Waals surface area contributed by atoms with Crippen LogP contribution in [0.25, 0.3) is 0 Å². The van der Waals surface area contributed by atoms with E-state index in [0.717, 1.165) is 24.3 Å². The molecule has 0 saturated carbocycles. The van der Waals surface area contributed by atoms with Crippen molar-refractivity contribution < 1.29 is 5.21 Å². The van der Waals surface area contributed by atoms with Crippen molar-refractivity contribution in [2.45, 2.75) is 26.3 Å². The number of amidine groups is 1. The van der Waals surface area contributed by atoms with Crippen LogP contribution < -0.4 is 10.6 Å². The lowest BCUT2D eigenvalue weighted by molar-refractivity contribution is 0.318. The summed E-state index contributed by atoms with van der Waals surface area (Å²) in [6.45, 7) is 5.00. The maximum Gasteiger partial charge on any atom is 0.174 e. The zero-order valence-corrected chi connectivity index (χ0v) is 12.9. The molecule has 0 fully saturated rings. The summed E-state index contributed by atoms with van der Waals surface area (Å²) in [6, 6.07) is 4.29. The van der Waals surface area contributed by atoms with Gasteiger partial charge in [0.05, 0.1) is 11.6 Å². The third-order valence-electron chi connectivity index (χ3n) is 4.05. The first-order chi connectivity index (χ1) is 10.1. The number of oxime groups is 1. The Balaban J connectivity index is 2.08. The summed E-state index contributed by atoms with van der Waals surface area (Å²) >= 11 is 1.81. The fourth-order valence-corrected chi connectivity index (χ4v) is 3.89. The number of thiophene rings is 1. The van der Waals surface area contributed by atoms with Crippen molar-refractivity contribution in [2.75, 3.05) is 11.4 Å². The van der Waals surface area contributed by atoms with E-state index in [1.54, 1.807) is 6.20 Å². The molecule has 110 valence electrons. The van der Waals surface area contributed by atoms with Gasteiger partial charge in [-0.3, -0.25) is 0 Å². The van der Waals surface area contributed by atoms with E-state index in [9.17, 15) is 0 Å². The molecule has 0 saturated heterocycles. The zero-order valence-electron chi connectivity index (χ0n) is 12.1. The highest BCUT2D eigenvalue weighted by Crippen LogP contribution is 2.36. The molecular formula is C15H18N4OS. The molecule has 2 aromatic heterocycles. The summed E-state index contributed by atoms with van der Waals surface area (Å²) in [6.07, 6.45) is 2.78. The first-order valence-electron chi connectivity index (χ1n) is 6.90. The largest absolute Gasteiger partial charge is 0.409 e. The lowest BCUT2D eigenvalue weighted by atomic mass is 10.00. The maximum atomic E-state index is 9.04. The second-order valence-corrected chi connectivity index (χ2v) is 6.23. The van der Waals surface area contributed by atoms with E-state index < -0.39 is 0 Å². The first kappa shape index (κ1) is 13.9. The van der Waals surface area contributed by atoms with Crippen molar-refractivity contribution >= 4 is 23.0 Å². The Morgan fingerprint density at radius 2 is 2.33 bits per heavy atom. The summed E-state index contributed by atoms with van der Waals surface area (Å²) in [7, 11) is 0. The van der Waals surface area contributed by atoms with E-state index in [2.05, 4.69) is 33.4 Å². The van der Waals surface area contributed by atoms with Crippen LogP contribution >= 0.6 is 11.3 Å². The Hall–Kier alpha value is -2.08. The zero-order chi connectivity index (χ0) is 15.0. The van der Waals surface area contributed by atoms with Crippen LogP contribution in [0.3, 0.4) is 0 Å². The molecule has 0 radical (unpaired) electrons. The van der Waals surface area contributed by atoms with Gasteiger partial charge >= 0.3 is 0 Å². The van der Waals surface area contributed by atoms with E-state index in [4.69, 9.17) is 10.9 Å². The monoisotopic (exact) mass is 302 g/mol. The molecule has 0 bridgehead atoms. The molecular weight excluding hydrogens is 284 g/mol. The molecule has 0 spiro atoms. The predicted molar refractivity (Wildman–Crippen MR) is 85.3 cm³/mol. The highest BCUT2D eigenvalue weighted by atomic mass is 32.1. The van der Waals surface area contributed by atoms with Crippen molar-refractivity contribution in [1.29, 1.82) is 0 Å². The molecule has 1 aliphatic heterocycles. The third kappa shape index (κ3) is 2.25. The molecule has 1 aliphatic rings. The molecule has 0 aromatic carbocycles. The Morgan fingerprint density at radius 1 is 1.52 bits per heavy atom. The number of pyridine rings is 1. The van der Waals surface area contributed by atoms with Gasteiger partial charge in [0.25, 0.3) is 0 Å². The Kier molecular flexibility index (Phi) is 3.55.